The predicted octanol–water partition coefficient (Wildman–Crippen LogP) is 9.38. The second-order valence-electron chi connectivity index (χ2n) is 13.4. The average Bonchev–Trinajstić information content (AvgIpc) is 3.23. The Bertz CT molecular complexity index is 2310. The van der Waals surface area contributed by atoms with Crippen molar-refractivity contribution in [3.8, 4) is 11.1 Å². The van der Waals surface area contributed by atoms with Gasteiger partial charge in [-0.15, -0.1) is 0 Å². The summed E-state index contributed by atoms with van der Waals surface area (Å²) < 4.78 is 5.96. The van der Waals surface area contributed by atoms with E-state index in [1.165, 1.54) is 31.8 Å². The van der Waals surface area contributed by atoms with Gasteiger partial charge in [0.05, 0.1) is 0 Å². The van der Waals surface area contributed by atoms with Crippen molar-refractivity contribution in [3.05, 3.63) is 218 Å². The van der Waals surface area contributed by atoms with Gasteiger partial charge in [0.2, 0.25) is 0 Å². The van der Waals surface area contributed by atoms with E-state index in [0.29, 0.717) is 11.4 Å². The number of benzene rings is 8. The number of anilines is 3. The van der Waals surface area contributed by atoms with Crippen molar-refractivity contribution < 1.29 is 0 Å². The maximum absolute atomic E-state index is 6.43. The van der Waals surface area contributed by atoms with E-state index in [1.54, 1.807) is 6.07 Å². The van der Waals surface area contributed by atoms with E-state index in [4.69, 9.17) is 16.2 Å². The van der Waals surface area contributed by atoms with Crippen LogP contribution in [0.2, 0.25) is 0 Å². The van der Waals surface area contributed by atoms with Crippen LogP contribution < -0.4 is 48.4 Å². The molecular formula is C48H42N4P2. The summed E-state index contributed by atoms with van der Waals surface area (Å²) in [5.74, 6) is 0. The molecule has 0 aliphatic carbocycles. The van der Waals surface area contributed by atoms with E-state index in [9.17, 15) is 0 Å². The fourth-order valence-electron chi connectivity index (χ4n) is 7.47. The zero-order valence-corrected chi connectivity index (χ0v) is 31.7. The fourth-order valence-corrected chi connectivity index (χ4v) is 15.1. The van der Waals surface area contributed by atoms with Crippen LogP contribution in [0.5, 0.6) is 0 Å². The fraction of sp³-hybridized carbons (Fsp3) is 0. The van der Waals surface area contributed by atoms with Crippen molar-refractivity contribution in [2.45, 2.75) is 0 Å². The second kappa shape index (κ2) is 15.4. The van der Waals surface area contributed by atoms with Gasteiger partial charge in [-0.3, -0.25) is 0 Å². The van der Waals surface area contributed by atoms with Crippen LogP contribution in [0.25, 0.3) is 11.1 Å². The summed E-state index contributed by atoms with van der Waals surface area (Å²) in [6, 6.07) is 77.2. The summed E-state index contributed by atoms with van der Waals surface area (Å²) in [5, 5.41) is 11.5. The van der Waals surface area contributed by atoms with Gasteiger partial charge >= 0.3 is 320 Å². The number of nitrogens with one attached hydrogen (secondary N) is 1. The van der Waals surface area contributed by atoms with E-state index in [1.807, 2.05) is 12.1 Å². The summed E-state index contributed by atoms with van der Waals surface area (Å²) in [6.07, 6.45) is 0. The third-order valence-corrected chi connectivity index (χ3v) is 17.8. The van der Waals surface area contributed by atoms with Gasteiger partial charge in [0.15, 0.2) is 0 Å². The van der Waals surface area contributed by atoms with Crippen molar-refractivity contribution in [2.24, 2.45) is 4.74 Å². The Labute approximate surface area is 318 Å². The number of nitrogens with two attached hydrogens (primary N) is 2. The van der Waals surface area contributed by atoms with Gasteiger partial charge in [-0.1, -0.05) is 0 Å². The molecule has 54 heavy (non-hydrogen) atoms. The number of rotatable bonds is 10. The molecule has 5 N–H and O–H groups in total. The first-order valence-corrected chi connectivity index (χ1v) is 21.8. The molecule has 0 fully saturated rings. The molecule has 0 aromatic heterocycles. The van der Waals surface area contributed by atoms with E-state index in [0.717, 1.165) is 22.5 Å². The second-order valence-corrected chi connectivity index (χ2v) is 19.9. The molecule has 0 aliphatic rings. The first kappa shape index (κ1) is 34.9. The molecule has 0 saturated carbocycles. The molecule has 0 unspecified atom stereocenters. The summed E-state index contributed by atoms with van der Waals surface area (Å²) in [4.78, 5) is 0. The molecule has 0 heterocycles. The molecule has 4 nitrogen and oxygen atoms in total. The summed E-state index contributed by atoms with van der Waals surface area (Å²) >= 11 is 0. The zero-order chi connectivity index (χ0) is 36.8. The van der Waals surface area contributed by atoms with Gasteiger partial charge < -0.3 is 0 Å². The van der Waals surface area contributed by atoms with Crippen LogP contribution in [0, 0.1) is 0 Å². The molecule has 264 valence electrons. The average molecular weight is 737 g/mol. The van der Waals surface area contributed by atoms with Crippen molar-refractivity contribution in [1.29, 1.82) is 0 Å². The molecule has 0 bridgehead atoms. The third-order valence-electron chi connectivity index (χ3n) is 9.84. The van der Waals surface area contributed by atoms with Crippen molar-refractivity contribution in [2.75, 3.05) is 16.6 Å². The number of hydrogen-bond acceptors (Lipinski definition) is 4. The van der Waals surface area contributed by atoms with Gasteiger partial charge in [0.25, 0.3) is 0 Å². The molecule has 0 aliphatic heterocycles. The topological polar surface area (TPSA) is 76.4 Å². The van der Waals surface area contributed by atoms with Crippen molar-refractivity contribution >= 4 is 69.0 Å². The van der Waals surface area contributed by atoms with Crippen LogP contribution in [0.15, 0.2) is 223 Å². The Balaban J connectivity index is 1.46. The summed E-state index contributed by atoms with van der Waals surface area (Å²) in [7, 11) is -5.51. The van der Waals surface area contributed by atoms with Crippen LogP contribution in [0.3, 0.4) is 0 Å². The third kappa shape index (κ3) is 6.86. The number of hydrogen-bond donors (Lipinski definition) is 3. The Kier molecular flexibility index (Phi) is 9.97. The first-order valence-electron chi connectivity index (χ1n) is 18.1. The van der Waals surface area contributed by atoms with Gasteiger partial charge in [-0.2, -0.15) is 0 Å². The normalized spacial score (nSPS) is 11.8. The van der Waals surface area contributed by atoms with Gasteiger partial charge in [-0.05, 0) is 0 Å². The summed E-state index contributed by atoms with van der Waals surface area (Å²) in [5.41, 5.74) is 17.8. The van der Waals surface area contributed by atoms with Crippen LogP contribution in [-0.2, 0) is 0 Å². The number of nitrogen functional groups attached to an aromatic ring is 2. The minimum absolute atomic E-state index is 0.614. The van der Waals surface area contributed by atoms with Crippen LogP contribution >= 0.6 is 14.5 Å². The maximum atomic E-state index is 6.43. The molecule has 0 amide bonds. The Morgan fingerprint density at radius 1 is 0.389 bits per heavy atom. The first-order chi connectivity index (χ1) is 26.5. The molecule has 8 rings (SSSR count). The van der Waals surface area contributed by atoms with Gasteiger partial charge in [0, 0.05) is 0 Å². The van der Waals surface area contributed by atoms with Crippen LogP contribution in [0.1, 0.15) is 0 Å². The minimum atomic E-state index is -2.92. The summed E-state index contributed by atoms with van der Waals surface area (Å²) in [6.45, 7) is 0. The van der Waals surface area contributed by atoms with E-state index < -0.39 is 14.5 Å². The Hall–Kier alpha value is -6.18. The van der Waals surface area contributed by atoms with E-state index in [2.05, 4.69) is 205 Å². The van der Waals surface area contributed by atoms with Crippen LogP contribution in [-0.4, -0.2) is 0 Å². The Morgan fingerprint density at radius 2 is 0.741 bits per heavy atom. The molecule has 0 spiro atoms. The monoisotopic (exact) mass is 736 g/mol. The Morgan fingerprint density at radius 3 is 1.13 bits per heavy atom. The van der Waals surface area contributed by atoms with Crippen molar-refractivity contribution in [1.82, 2.24) is 0 Å². The molecule has 0 radical (unpaired) electrons. The molecule has 6 heteroatoms. The molecule has 0 saturated heterocycles. The molecule has 8 aromatic rings. The quantitative estimate of drug-likeness (QED) is 0.0968. The molecule has 0 atom stereocenters. The molecular weight excluding hydrogens is 695 g/mol. The van der Waals surface area contributed by atoms with Crippen molar-refractivity contribution in [3.63, 3.8) is 0 Å². The number of nitrogens with zero attached hydrogens (tertiary/aromatic N) is 1. The predicted molar refractivity (Wildman–Crippen MR) is 238 cm³/mol. The van der Waals surface area contributed by atoms with Crippen LogP contribution in [0.4, 0.5) is 22.7 Å². The van der Waals surface area contributed by atoms with E-state index in [-0.39, 0.29) is 0 Å². The zero-order valence-electron chi connectivity index (χ0n) is 29.8. The standard InChI is InChI=1S/C48H42N4P2/c49-39-31-37(32-40(50)35-39)38-33-41(51-53(43-19-7-1-8-20-43,44-21-9-2-10-22-44)45-23-11-3-12-24-45)36-42(34-38)52-54(46-25-13-4-14-26-46,47-27-15-5-16-28-47)48-29-17-6-18-30-48/h1-36,51,53H,49-50H2. The molecule has 8 aromatic carbocycles. The SMILES string of the molecule is Nc1cc(N)cc(-c2cc(N=P(c3ccccc3)(c3ccccc3)c3ccccc3)cc(N[PH](c3ccccc3)(c3ccccc3)c3ccccc3)c2)c1. The van der Waals surface area contributed by atoms with Gasteiger partial charge in [0.1, 0.15) is 0 Å². The van der Waals surface area contributed by atoms with E-state index >= 15 is 0 Å². The van der Waals surface area contributed by atoms with Gasteiger partial charge in [-0.25, -0.2) is 0 Å².